The summed E-state index contributed by atoms with van der Waals surface area (Å²) >= 11 is 11.2. The molecule has 174 valence electrons. The van der Waals surface area contributed by atoms with Gasteiger partial charge in [-0.1, -0.05) is 11.6 Å². The Hall–Kier alpha value is -3.05. The lowest BCUT2D eigenvalue weighted by molar-refractivity contribution is -0.115. The van der Waals surface area contributed by atoms with Crippen molar-refractivity contribution >= 4 is 46.7 Å². The number of benzene rings is 1. The topological polar surface area (TPSA) is 89.2 Å². The number of hydrogen-bond acceptors (Lipinski definition) is 5. The first-order valence-corrected chi connectivity index (χ1v) is 10.5. The standard InChI is InChI=1S/C21H18ClF3N4O3S/c1-31-16-7-13-10(6-11(16)19(26)30)14(4-5-27-13)32-15-3-2-12(17(22)18(15)23)28-20(33)29-8-21(24,25)9-29/h2-5,7,10H,6,8-9H2,1H3,(H2,26,30)(H,28,33). The van der Waals surface area contributed by atoms with Crippen LogP contribution in [0.25, 0.3) is 0 Å². The average Bonchev–Trinajstić information content (AvgIpc) is 2.76. The molecule has 0 saturated carbocycles. The summed E-state index contributed by atoms with van der Waals surface area (Å²) in [5.41, 5.74) is 6.40. The molecule has 2 heterocycles. The summed E-state index contributed by atoms with van der Waals surface area (Å²) in [6.45, 7) is -1.03. The molecule has 3 N–H and O–H groups in total. The summed E-state index contributed by atoms with van der Waals surface area (Å²) in [7, 11) is 1.42. The lowest BCUT2D eigenvalue weighted by Crippen LogP contribution is -2.59. The molecule has 1 amide bonds. The number of allylic oxidation sites excluding steroid dienone is 2. The first-order valence-electron chi connectivity index (χ1n) is 9.72. The highest BCUT2D eigenvalue weighted by molar-refractivity contribution is 7.80. The number of likely N-dealkylation sites (tertiary alicyclic amines) is 1. The number of alkyl halides is 2. The Balaban J connectivity index is 1.51. The highest BCUT2D eigenvalue weighted by atomic mass is 35.5. The number of hydrogen-bond donors (Lipinski definition) is 2. The van der Waals surface area contributed by atoms with E-state index in [-0.39, 0.29) is 33.6 Å². The van der Waals surface area contributed by atoms with Gasteiger partial charge in [0.1, 0.15) is 16.5 Å². The van der Waals surface area contributed by atoms with Gasteiger partial charge in [0, 0.05) is 12.3 Å². The number of rotatable bonds is 5. The number of dihydropyridines is 1. The fraction of sp³-hybridized carbons (Fsp3) is 0.286. The molecule has 1 fully saturated rings. The summed E-state index contributed by atoms with van der Waals surface area (Å²) in [6.07, 6.45) is 4.78. The zero-order chi connectivity index (χ0) is 23.9. The quantitative estimate of drug-likeness (QED) is 0.601. The molecule has 1 unspecified atom stereocenters. The van der Waals surface area contributed by atoms with Crippen molar-refractivity contribution in [2.75, 3.05) is 25.5 Å². The van der Waals surface area contributed by atoms with Crippen LogP contribution in [0, 0.1) is 11.7 Å². The van der Waals surface area contributed by atoms with E-state index in [0.717, 1.165) is 0 Å². The number of nitrogens with zero attached hydrogens (tertiary/aromatic N) is 2. The number of thiocarbonyl (C=S) groups is 1. The highest BCUT2D eigenvalue weighted by Gasteiger charge is 2.45. The molecular weight excluding hydrogens is 481 g/mol. The molecule has 2 aliphatic heterocycles. The molecule has 12 heteroatoms. The van der Waals surface area contributed by atoms with Gasteiger partial charge >= 0.3 is 0 Å². The van der Waals surface area contributed by atoms with Crippen LogP contribution in [-0.2, 0) is 9.53 Å². The number of amides is 1. The van der Waals surface area contributed by atoms with E-state index in [1.165, 1.54) is 30.4 Å². The molecule has 1 aliphatic carbocycles. The molecule has 1 aromatic rings. The second kappa shape index (κ2) is 8.71. The van der Waals surface area contributed by atoms with Gasteiger partial charge in [-0.25, -0.2) is 13.2 Å². The average molecular weight is 499 g/mol. The van der Waals surface area contributed by atoms with Gasteiger partial charge < -0.3 is 25.4 Å². The third-order valence-corrected chi connectivity index (χ3v) is 6.04. The van der Waals surface area contributed by atoms with Crippen LogP contribution in [-0.4, -0.2) is 48.3 Å². The summed E-state index contributed by atoms with van der Waals surface area (Å²) in [5, 5.41) is 2.38. The molecule has 1 aromatic carbocycles. The minimum atomic E-state index is -2.80. The fourth-order valence-electron chi connectivity index (χ4n) is 3.61. The van der Waals surface area contributed by atoms with Crippen molar-refractivity contribution in [3.05, 3.63) is 57.9 Å². The number of nitrogens with two attached hydrogens (primary N) is 1. The molecular formula is C21H18ClF3N4O3S. The Morgan fingerprint density at radius 2 is 2.12 bits per heavy atom. The summed E-state index contributed by atoms with van der Waals surface area (Å²) < 4.78 is 52.1. The second-order valence-electron chi connectivity index (χ2n) is 7.57. The van der Waals surface area contributed by atoms with Crippen molar-refractivity contribution in [2.45, 2.75) is 12.3 Å². The maximum atomic E-state index is 15.0. The third kappa shape index (κ3) is 4.55. The smallest absolute Gasteiger partial charge is 0.282 e. The van der Waals surface area contributed by atoms with Crippen molar-refractivity contribution in [1.82, 2.24) is 4.90 Å². The Bertz CT molecular complexity index is 1160. The number of halogens is 4. The van der Waals surface area contributed by atoms with E-state index >= 15 is 0 Å². The van der Waals surface area contributed by atoms with Gasteiger partial charge in [0.25, 0.3) is 5.92 Å². The molecule has 1 atom stereocenters. The highest BCUT2D eigenvalue weighted by Crippen LogP contribution is 2.40. The Morgan fingerprint density at radius 3 is 2.76 bits per heavy atom. The zero-order valence-electron chi connectivity index (χ0n) is 17.2. The molecule has 0 spiro atoms. The van der Waals surface area contributed by atoms with Crippen LogP contribution in [0.4, 0.5) is 18.9 Å². The molecule has 7 nitrogen and oxygen atoms in total. The predicted molar refractivity (Wildman–Crippen MR) is 121 cm³/mol. The second-order valence-corrected chi connectivity index (χ2v) is 8.33. The Morgan fingerprint density at radius 1 is 1.39 bits per heavy atom. The van der Waals surface area contributed by atoms with Crippen molar-refractivity contribution in [3.63, 3.8) is 0 Å². The minimum Gasteiger partial charge on any atom is -0.496 e. The molecule has 0 bridgehead atoms. The van der Waals surface area contributed by atoms with Gasteiger partial charge in [0.15, 0.2) is 16.7 Å². The van der Waals surface area contributed by atoms with Crippen LogP contribution in [0.15, 0.2) is 52.1 Å². The minimum absolute atomic E-state index is 0.0128. The fourth-order valence-corrected chi connectivity index (χ4v) is 4.05. The SMILES string of the molecule is COC1=C(C(N)=O)CC2C(=C1)N=CC=C2Oc1ccc(NC(=S)N2CC(F)(F)C2)c(Cl)c1F. The largest absolute Gasteiger partial charge is 0.496 e. The number of methoxy groups -OCH3 is 1. The summed E-state index contributed by atoms with van der Waals surface area (Å²) in [4.78, 5) is 17.3. The van der Waals surface area contributed by atoms with E-state index in [1.54, 1.807) is 12.2 Å². The van der Waals surface area contributed by atoms with E-state index in [0.29, 0.717) is 17.2 Å². The van der Waals surface area contributed by atoms with Crippen LogP contribution >= 0.6 is 23.8 Å². The van der Waals surface area contributed by atoms with E-state index in [9.17, 15) is 18.0 Å². The zero-order valence-corrected chi connectivity index (χ0v) is 18.8. The van der Waals surface area contributed by atoms with Gasteiger partial charge in [0.05, 0.1) is 43.1 Å². The van der Waals surface area contributed by atoms with E-state index < -0.39 is 36.7 Å². The molecule has 3 aliphatic rings. The number of carbonyl (C=O) groups is 1. The normalized spacial score (nSPS) is 20.9. The van der Waals surface area contributed by atoms with Crippen LogP contribution in [0.1, 0.15) is 6.42 Å². The maximum absolute atomic E-state index is 15.0. The molecule has 0 radical (unpaired) electrons. The predicted octanol–water partition coefficient (Wildman–Crippen LogP) is 3.76. The number of fused-ring (bicyclic) bond motifs is 1. The van der Waals surface area contributed by atoms with Gasteiger partial charge in [-0.3, -0.25) is 9.79 Å². The van der Waals surface area contributed by atoms with Gasteiger partial charge in [-0.15, -0.1) is 0 Å². The first-order chi connectivity index (χ1) is 15.6. The van der Waals surface area contributed by atoms with Gasteiger partial charge in [0.2, 0.25) is 5.91 Å². The maximum Gasteiger partial charge on any atom is 0.282 e. The summed E-state index contributed by atoms with van der Waals surface area (Å²) in [5.74, 6) is -4.31. The molecule has 33 heavy (non-hydrogen) atoms. The Labute approximate surface area is 197 Å². The lowest BCUT2D eigenvalue weighted by atomic mass is 9.87. The number of nitrogens with one attached hydrogen (secondary N) is 1. The van der Waals surface area contributed by atoms with Gasteiger partial charge in [-0.2, -0.15) is 0 Å². The van der Waals surface area contributed by atoms with Crippen LogP contribution in [0.3, 0.4) is 0 Å². The van der Waals surface area contributed by atoms with Crippen molar-refractivity contribution in [1.29, 1.82) is 0 Å². The van der Waals surface area contributed by atoms with E-state index in [2.05, 4.69) is 10.3 Å². The molecule has 1 saturated heterocycles. The summed E-state index contributed by atoms with van der Waals surface area (Å²) in [6, 6.07) is 2.76. The van der Waals surface area contributed by atoms with Crippen LogP contribution < -0.4 is 15.8 Å². The number of carbonyl (C=O) groups excluding carboxylic acids is 1. The lowest BCUT2D eigenvalue weighted by Gasteiger charge is -2.40. The monoisotopic (exact) mass is 498 g/mol. The van der Waals surface area contributed by atoms with Crippen LogP contribution in [0.5, 0.6) is 5.75 Å². The molecule has 4 rings (SSSR count). The third-order valence-electron chi connectivity index (χ3n) is 5.31. The number of anilines is 1. The number of primary amides is 1. The van der Waals surface area contributed by atoms with Crippen molar-refractivity contribution in [2.24, 2.45) is 16.6 Å². The van der Waals surface area contributed by atoms with Gasteiger partial charge in [-0.05, 0) is 36.8 Å². The Kier molecular flexibility index (Phi) is 6.10. The molecule has 0 aromatic heterocycles. The van der Waals surface area contributed by atoms with E-state index in [4.69, 9.17) is 39.0 Å². The van der Waals surface area contributed by atoms with Crippen molar-refractivity contribution in [3.8, 4) is 5.75 Å². The number of ether oxygens (including phenoxy) is 2. The van der Waals surface area contributed by atoms with Crippen LogP contribution in [0.2, 0.25) is 5.02 Å². The first kappa shape index (κ1) is 23.1. The van der Waals surface area contributed by atoms with Crippen molar-refractivity contribution < 1.29 is 27.4 Å². The number of aliphatic imine (C=N–C) groups is 1. The van der Waals surface area contributed by atoms with E-state index in [1.807, 2.05) is 0 Å².